The number of thiazole rings is 1. The number of hydrogen-bond acceptors (Lipinski definition) is 4. The first-order chi connectivity index (χ1) is 13.1. The van der Waals surface area contributed by atoms with Gasteiger partial charge in [0.2, 0.25) is 10.0 Å². The topological polar surface area (TPSA) is 68.2 Å². The molecule has 0 aliphatic heterocycles. The zero-order valence-electron chi connectivity index (χ0n) is 16.6. The molecule has 1 aromatic heterocycles. The molecule has 7 heteroatoms. The Morgan fingerprint density at radius 3 is 2.46 bits per heavy atom. The van der Waals surface area contributed by atoms with E-state index in [9.17, 15) is 13.2 Å². The van der Waals surface area contributed by atoms with Crippen molar-refractivity contribution < 1.29 is 8.42 Å². The summed E-state index contributed by atoms with van der Waals surface area (Å²) in [5.74, 6) is 0. The molecule has 0 fully saturated rings. The largest absolute Gasteiger partial charge is 0.308 e. The molecule has 28 heavy (non-hydrogen) atoms. The van der Waals surface area contributed by atoms with Gasteiger partial charge in [-0.05, 0) is 49.4 Å². The van der Waals surface area contributed by atoms with E-state index in [1.54, 1.807) is 22.8 Å². The van der Waals surface area contributed by atoms with E-state index in [0.29, 0.717) is 17.7 Å². The lowest BCUT2D eigenvalue weighted by Crippen LogP contribution is -2.37. The summed E-state index contributed by atoms with van der Waals surface area (Å²) in [5.41, 5.74) is 1.79. The fourth-order valence-corrected chi connectivity index (χ4v) is 6.00. The molecule has 0 bridgehead atoms. The summed E-state index contributed by atoms with van der Waals surface area (Å²) >= 11 is 1.07. The number of hydrogen-bond donors (Lipinski definition) is 1. The number of aromatic nitrogens is 1. The quantitative estimate of drug-likeness (QED) is 0.628. The summed E-state index contributed by atoms with van der Waals surface area (Å²) in [4.78, 5) is 12.1. The van der Waals surface area contributed by atoms with E-state index in [4.69, 9.17) is 0 Å². The average Bonchev–Trinajstić information content (AvgIpc) is 2.95. The van der Waals surface area contributed by atoms with Crippen LogP contribution in [0.4, 0.5) is 0 Å². The van der Waals surface area contributed by atoms with Crippen LogP contribution in [0.15, 0.2) is 58.2 Å². The van der Waals surface area contributed by atoms with Crippen molar-refractivity contribution in [2.24, 2.45) is 0 Å². The first kappa shape index (κ1) is 20.8. The first-order valence-electron chi connectivity index (χ1n) is 9.35. The fraction of sp³-hybridized carbons (Fsp3) is 0.381. The van der Waals surface area contributed by atoms with Gasteiger partial charge >= 0.3 is 4.87 Å². The van der Waals surface area contributed by atoms with Crippen LogP contribution < -0.4 is 9.60 Å². The minimum Gasteiger partial charge on any atom is -0.299 e. The normalized spacial score (nSPS) is 13.7. The summed E-state index contributed by atoms with van der Waals surface area (Å²) in [6.07, 6.45) is 0.665. The summed E-state index contributed by atoms with van der Waals surface area (Å²) in [7, 11) is -3.67. The van der Waals surface area contributed by atoms with Crippen molar-refractivity contribution in [3.63, 3.8) is 0 Å². The Labute approximate surface area is 170 Å². The van der Waals surface area contributed by atoms with Crippen LogP contribution in [0.3, 0.4) is 0 Å². The molecule has 1 unspecified atom stereocenters. The maximum Gasteiger partial charge on any atom is 0.308 e. The number of benzene rings is 2. The molecule has 5 nitrogen and oxygen atoms in total. The van der Waals surface area contributed by atoms with Gasteiger partial charge in [0, 0.05) is 12.6 Å². The Morgan fingerprint density at radius 1 is 1.14 bits per heavy atom. The van der Waals surface area contributed by atoms with Crippen molar-refractivity contribution in [2.45, 2.75) is 57.0 Å². The van der Waals surface area contributed by atoms with Crippen molar-refractivity contribution in [3.05, 3.63) is 63.8 Å². The molecule has 3 aromatic rings. The third kappa shape index (κ3) is 4.21. The molecule has 1 heterocycles. The molecule has 1 atom stereocenters. The Morgan fingerprint density at radius 2 is 1.82 bits per heavy atom. The van der Waals surface area contributed by atoms with Gasteiger partial charge in [-0.15, -0.1) is 0 Å². The molecule has 1 N–H and O–H groups in total. The Hall–Kier alpha value is -1.96. The smallest absolute Gasteiger partial charge is 0.299 e. The van der Waals surface area contributed by atoms with Crippen LogP contribution in [0.2, 0.25) is 0 Å². The SMILES string of the molecule is CCn1c(=O)sc2cc(S(=O)(=O)NC(C)CC(C)(C)c3ccccc3)ccc21. The highest BCUT2D eigenvalue weighted by molar-refractivity contribution is 7.89. The molecule has 3 rings (SSSR count). The molecule has 0 aliphatic rings. The summed E-state index contributed by atoms with van der Waals surface area (Å²) in [6, 6.07) is 14.7. The van der Waals surface area contributed by atoms with Gasteiger partial charge in [-0.3, -0.25) is 9.36 Å². The lowest BCUT2D eigenvalue weighted by molar-refractivity contribution is 0.418. The van der Waals surface area contributed by atoms with Crippen molar-refractivity contribution in [2.75, 3.05) is 0 Å². The van der Waals surface area contributed by atoms with E-state index in [1.807, 2.05) is 32.0 Å². The van der Waals surface area contributed by atoms with E-state index >= 15 is 0 Å². The van der Waals surface area contributed by atoms with Gasteiger partial charge in [0.05, 0.1) is 15.1 Å². The van der Waals surface area contributed by atoms with E-state index < -0.39 is 10.0 Å². The van der Waals surface area contributed by atoms with Crippen molar-refractivity contribution in [1.82, 2.24) is 9.29 Å². The minimum atomic E-state index is -3.67. The maximum absolute atomic E-state index is 12.9. The van der Waals surface area contributed by atoms with Gasteiger partial charge in [0.15, 0.2) is 0 Å². The van der Waals surface area contributed by atoms with Crippen LogP contribution in [-0.4, -0.2) is 19.0 Å². The lowest BCUT2D eigenvalue weighted by atomic mass is 9.79. The monoisotopic (exact) mass is 418 g/mol. The van der Waals surface area contributed by atoms with Gasteiger partial charge in [-0.1, -0.05) is 55.5 Å². The second-order valence-electron chi connectivity index (χ2n) is 7.72. The predicted octanol–water partition coefficient (Wildman–Crippen LogP) is 4.12. The molecule has 150 valence electrons. The highest BCUT2D eigenvalue weighted by atomic mass is 32.2. The van der Waals surface area contributed by atoms with Crippen LogP contribution in [0.25, 0.3) is 10.2 Å². The van der Waals surface area contributed by atoms with E-state index in [0.717, 1.165) is 16.9 Å². The van der Waals surface area contributed by atoms with Crippen molar-refractivity contribution in [3.8, 4) is 0 Å². The average molecular weight is 419 g/mol. The summed E-state index contributed by atoms with van der Waals surface area (Å²) in [5, 5.41) is 0. The number of fused-ring (bicyclic) bond motifs is 1. The zero-order valence-corrected chi connectivity index (χ0v) is 18.2. The number of nitrogens with zero attached hydrogens (tertiary/aromatic N) is 1. The number of aryl methyl sites for hydroxylation is 1. The van der Waals surface area contributed by atoms with Gasteiger partial charge < -0.3 is 0 Å². The third-order valence-corrected chi connectivity index (χ3v) is 7.52. The van der Waals surface area contributed by atoms with Crippen LogP contribution in [0.1, 0.15) is 39.7 Å². The van der Waals surface area contributed by atoms with E-state index in [1.165, 1.54) is 5.56 Å². The number of nitrogens with one attached hydrogen (secondary N) is 1. The Kier molecular flexibility index (Phi) is 5.79. The lowest BCUT2D eigenvalue weighted by Gasteiger charge is -2.29. The molecule has 2 aromatic carbocycles. The molecular formula is C21H26N2O3S2. The highest BCUT2D eigenvalue weighted by Gasteiger charge is 2.26. The summed E-state index contributed by atoms with van der Waals surface area (Å²) in [6.45, 7) is 8.58. The second-order valence-corrected chi connectivity index (χ2v) is 10.4. The Balaban J connectivity index is 1.81. The van der Waals surface area contributed by atoms with Crippen LogP contribution in [0, 0.1) is 0 Å². The Bertz CT molecular complexity index is 1130. The van der Waals surface area contributed by atoms with Crippen LogP contribution in [-0.2, 0) is 22.0 Å². The first-order valence-corrected chi connectivity index (χ1v) is 11.7. The summed E-state index contributed by atoms with van der Waals surface area (Å²) < 4.78 is 30.9. The van der Waals surface area contributed by atoms with Crippen molar-refractivity contribution >= 4 is 31.6 Å². The third-order valence-electron chi connectivity index (χ3n) is 4.99. The van der Waals surface area contributed by atoms with Gasteiger partial charge in [0.1, 0.15) is 0 Å². The van der Waals surface area contributed by atoms with Crippen LogP contribution >= 0.6 is 11.3 Å². The molecular weight excluding hydrogens is 392 g/mol. The van der Waals surface area contributed by atoms with E-state index in [2.05, 4.69) is 30.7 Å². The number of sulfonamides is 1. The molecule has 0 saturated heterocycles. The minimum absolute atomic E-state index is 0.0713. The van der Waals surface area contributed by atoms with Crippen LogP contribution in [0.5, 0.6) is 0 Å². The van der Waals surface area contributed by atoms with E-state index in [-0.39, 0.29) is 21.2 Å². The molecule has 0 amide bonds. The van der Waals surface area contributed by atoms with Gasteiger partial charge in [-0.2, -0.15) is 0 Å². The molecule has 0 radical (unpaired) electrons. The molecule has 0 aliphatic carbocycles. The maximum atomic E-state index is 12.9. The molecule has 0 spiro atoms. The second kappa shape index (κ2) is 7.81. The fourth-order valence-electron chi connectivity index (χ4n) is 3.66. The zero-order chi connectivity index (χ0) is 20.5. The predicted molar refractivity (Wildman–Crippen MR) is 116 cm³/mol. The standard InChI is InChI=1S/C21H26N2O3S2/c1-5-23-18-12-11-17(13-19(18)27-20(23)24)28(25,26)22-15(2)14-21(3,4)16-9-7-6-8-10-16/h6-13,15,22H,5,14H2,1-4H3. The van der Waals surface area contributed by atoms with Crippen molar-refractivity contribution in [1.29, 1.82) is 0 Å². The van der Waals surface area contributed by atoms with Gasteiger partial charge in [0.25, 0.3) is 0 Å². The molecule has 0 saturated carbocycles. The number of rotatable bonds is 7. The highest BCUT2D eigenvalue weighted by Crippen LogP contribution is 2.29. The van der Waals surface area contributed by atoms with Gasteiger partial charge in [-0.25, -0.2) is 13.1 Å².